The molecule has 0 radical (unpaired) electrons. The van der Waals surface area contributed by atoms with Gasteiger partial charge >= 0.3 is 0 Å². The van der Waals surface area contributed by atoms with Crippen LogP contribution in [0.4, 0.5) is 11.4 Å². The van der Waals surface area contributed by atoms with Gasteiger partial charge < -0.3 is 11.1 Å². The molecule has 1 heterocycles. The summed E-state index contributed by atoms with van der Waals surface area (Å²) in [5, 5.41) is 7.32. The van der Waals surface area contributed by atoms with Crippen LogP contribution in [-0.4, -0.2) is 14.8 Å². The summed E-state index contributed by atoms with van der Waals surface area (Å²) in [6.45, 7) is 0. The van der Waals surface area contributed by atoms with E-state index in [9.17, 15) is 0 Å². The summed E-state index contributed by atoms with van der Waals surface area (Å²) >= 11 is 8.43. The van der Waals surface area contributed by atoms with Crippen LogP contribution in [0.25, 0.3) is 0 Å². The molecule has 0 amide bonds. The monoisotopic (exact) mass is 310 g/mol. The summed E-state index contributed by atoms with van der Waals surface area (Å²) in [6, 6.07) is 5.72. The zero-order chi connectivity index (χ0) is 12.4. The Hall–Kier alpha value is -1.40. The third kappa shape index (κ3) is 2.83. The molecule has 1 aromatic carbocycles. The van der Waals surface area contributed by atoms with Crippen molar-refractivity contribution in [3.8, 4) is 0 Å². The van der Waals surface area contributed by atoms with Crippen molar-refractivity contribution in [3.05, 3.63) is 40.6 Å². The van der Waals surface area contributed by atoms with Crippen molar-refractivity contribution < 1.29 is 0 Å². The van der Waals surface area contributed by atoms with Crippen LogP contribution in [0.15, 0.2) is 35.1 Å². The van der Waals surface area contributed by atoms with Gasteiger partial charge in [-0.3, -0.25) is 4.68 Å². The molecule has 0 saturated carbocycles. The van der Waals surface area contributed by atoms with E-state index in [0.717, 1.165) is 21.4 Å². The molecule has 2 aromatic rings. The number of nitrogens with zero attached hydrogens (tertiary/aromatic N) is 2. The molecule has 0 fully saturated rings. The van der Waals surface area contributed by atoms with Crippen molar-refractivity contribution in [2.75, 3.05) is 5.32 Å². The third-order valence-electron chi connectivity index (χ3n) is 2.23. The van der Waals surface area contributed by atoms with Gasteiger partial charge in [0.15, 0.2) is 0 Å². The number of aryl methyl sites for hydroxylation is 1. The lowest BCUT2D eigenvalue weighted by Crippen LogP contribution is -2.11. The van der Waals surface area contributed by atoms with E-state index >= 15 is 0 Å². The molecule has 88 valence electrons. The van der Waals surface area contributed by atoms with E-state index in [1.54, 1.807) is 10.9 Å². The number of hydrogen-bond donors (Lipinski definition) is 2. The Bertz CT molecular complexity index is 564. The number of anilines is 2. The summed E-state index contributed by atoms with van der Waals surface area (Å²) < 4.78 is 2.68. The van der Waals surface area contributed by atoms with Crippen molar-refractivity contribution in [1.82, 2.24) is 9.78 Å². The molecule has 0 saturated heterocycles. The average molecular weight is 311 g/mol. The minimum Gasteiger partial charge on any atom is -0.389 e. The molecule has 2 rings (SSSR count). The molecule has 0 spiro atoms. The van der Waals surface area contributed by atoms with Crippen LogP contribution >= 0.6 is 28.1 Å². The van der Waals surface area contributed by atoms with Crippen LogP contribution in [-0.2, 0) is 7.05 Å². The number of halogens is 1. The summed E-state index contributed by atoms with van der Waals surface area (Å²) in [6.07, 6.45) is 3.62. The number of nitrogens with two attached hydrogens (primary N) is 1. The summed E-state index contributed by atoms with van der Waals surface area (Å²) in [4.78, 5) is 0.365. The molecule has 0 unspecified atom stereocenters. The van der Waals surface area contributed by atoms with E-state index in [-0.39, 0.29) is 0 Å². The molecule has 1 aromatic heterocycles. The Labute approximate surface area is 113 Å². The van der Waals surface area contributed by atoms with Gasteiger partial charge in [-0.15, -0.1) is 0 Å². The standard InChI is InChI=1S/C11H11BrN4S/c1-16-6-8(5-14-16)15-10-4-7(12)2-3-9(10)11(13)17/h2-6,15H,1H3,(H2,13,17). The van der Waals surface area contributed by atoms with E-state index in [4.69, 9.17) is 18.0 Å². The maximum atomic E-state index is 5.68. The molecule has 0 aliphatic rings. The number of thiocarbonyl (C=S) groups is 1. The minimum absolute atomic E-state index is 0.365. The smallest absolute Gasteiger partial charge is 0.106 e. The van der Waals surface area contributed by atoms with E-state index in [0.29, 0.717) is 4.99 Å². The van der Waals surface area contributed by atoms with Gasteiger partial charge in [-0.1, -0.05) is 28.1 Å². The van der Waals surface area contributed by atoms with Crippen LogP contribution in [0.3, 0.4) is 0 Å². The Balaban J connectivity index is 2.37. The van der Waals surface area contributed by atoms with Crippen LogP contribution < -0.4 is 11.1 Å². The van der Waals surface area contributed by atoms with Gasteiger partial charge in [0.05, 0.1) is 11.9 Å². The first-order chi connectivity index (χ1) is 8.06. The predicted molar refractivity (Wildman–Crippen MR) is 76.5 cm³/mol. The molecule has 6 heteroatoms. The zero-order valence-electron chi connectivity index (χ0n) is 9.14. The second kappa shape index (κ2) is 4.85. The summed E-state index contributed by atoms with van der Waals surface area (Å²) in [7, 11) is 1.86. The highest BCUT2D eigenvalue weighted by Gasteiger charge is 2.07. The van der Waals surface area contributed by atoms with Gasteiger partial charge in [0.2, 0.25) is 0 Å². The number of hydrogen-bond acceptors (Lipinski definition) is 3. The van der Waals surface area contributed by atoms with Gasteiger partial charge in [0.25, 0.3) is 0 Å². The lowest BCUT2D eigenvalue weighted by atomic mass is 10.2. The molecular formula is C11H11BrN4S. The maximum absolute atomic E-state index is 5.68. The molecule has 0 aliphatic heterocycles. The second-order valence-electron chi connectivity index (χ2n) is 3.58. The zero-order valence-corrected chi connectivity index (χ0v) is 11.5. The molecule has 3 N–H and O–H groups in total. The Morgan fingerprint density at radius 2 is 2.29 bits per heavy atom. The molecule has 17 heavy (non-hydrogen) atoms. The second-order valence-corrected chi connectivity index (χ2v) is 4.94. The van der Waals surface area contributed by atoms with Gasteiger partial charge in [-0.05, 0) is 18.2 Å². The summed E-state index contributed by atoms with van der Waals surface area (Å²) in [5.41, 5.74) is 8.24. The average Bonchev–Trinajstić information content (AvgIpc) is 2.63. The predicted octanol–water partition coefficient (Wildman–Crippen LogP) is 2.56. The van der Waals surface area contributed by atoms with Gasteiger partial charge in [-0.25, -0.2) is 0 Å². The highest BCUT2D eigenvalue weighted by Crippen LogP contribution is 2.24. The third-order valence-corrected chi connectivity index (χ3v) is 2.94. The SMILES string of the molecule is Cn1cc(Nc2cc(Br)ccc2C(N)=S)cn1. The lowest BCUT2D eigenvalue weighted by Gasteiger charge is -2.10. The lowest BCUT2D eigenvalue weighted by molar-refractivity contribution is 0.768. The fraction of sp³-hybridized carbons (Fsp3) is 0.0909. The minimum atomic E-state index is 0.365. The first-order valence-electron chi connectivity index (χ1n) is 4.91. The van der Waals surface area contributed by atoms with Crippen molar-refractivity contribution >= 4 is 44.5 Å². The Morgan fingerprint density at radius 1 is 1.53 bits per heavy atom. The number of benzene rings is 1. The van der Waals surface area contributed by atoms with Gasteiger partial charge in [0.1, 0.15) is 4.99 Å². The fourth-order valence-electron chi connectivity index (χ4n) is 1.48. The molecular weight excluding hydrogens is 300 g/mol. The Morgan fingerprint density at radius 3 is 2.88 bits per heavy atom. The maximum Gasteiger partial charge on any atom is 0.106 e. The number of nitrogens with one attached hydrogen (secondary N) is 1. The molecule has 0 aliphatic carbocycles. The fourth-order valence-corrected chi connectivity index (χ4v) is 2.02. The van der Waals surface area contributed by atoms with Crippen molar-refractivity contribution in [2.24, 2.45) is 12.8 Å². The first-order valence-corrected chi connectivity index (χ1v) is 6.11. The normalized spacial score (nSPS) is 10.2. The van der Waals surface area contributed by atoms with Crippen LogP contribution in [0.2, 0.25) is 0 Å². The topological polar surface area (TPSA) is 55.9 Å². The highest BCUT2D eigenvalue weighted by molar-refractivity contribution is 9.10. The van der Waals surface area contributed by atoms with E-state index in [1.807, 2.05) is 31.4 Å². The molecule has 0 bridgehead atoms. The van der Waals surface area contributed by atoms with E-state index in [2.05, 4.69) is 26.3 Å². The van der Waals surface area contributed by atoms with Gasteiger partial charge in [-0.2, -0.15) is 5.10 Å². The van der Waals surface area contributed by atoms with E-state index in [1.165, 1.54) is 0 Å². The number of aromatic nitrogens is 2. The molecule has 4 nitrogen and oxygen atoms in total. The Kier molecular flexibility index (Phi) is 3.44. The van der Waals surface area contributed by atoms with Crippen LogP contribution in [0.5, 0.6) is 0 Å². The van der Waals surface area contributed by atoms with Crippen molar-refractivity contribution in [2.45, 2.75) is 0 Å². The largest absolute Gasteiger partial charge is 0.389 e. The summed E-state index contributed by atoms with van der Waals surface area (Å²) in [5.74, 6) is 0. The van der Waals surface area contributed by atoms with Crippen LogP contribution in [0.1, 0.15) is 5.56 Å². The highest BCUT2D eigenvalue weighted by atomic mass is 79.9. The van der Waals surface area contributed by atoms with Crippen LogP contribution in [0, 0.1) is 0 Å². The first kappa shape index (κ1) is 12.1. The quantitative estimate of drug-likeness (QED) is 0.856. The van der Waals surface area contributed by atoms with Crippen molar-refractivity contribution in [3.63, 3.8) is 0 Å². The van der Waals surface area contributed by atoms with Gasteiger partial charge in [0, 0.05) is 29.0 Å². The van der Waals surface area contributed by atoms with Crippen molar-refractivity contribution in [1.29, 1.82) is 0 Å². The van der Waals surface area contributed by atoms with E-state index < -0.39 is 0 Å². The number of rotatable bonds is 3. The molecule has 0 atom stereocenters.